The number of carbonyl (C=O) groups is 2. The van der Waals surface area contributed by atoms with Crippen LogP contribution in [0.1, 0.15) is 19.3 Å². The predicted molar refractivity (Wildman–Crippen MR) is 74.9 cm³/mol. The Hall–Kier alpha value is -1.94. The van der Waals surface area contributed by atoms with Crippen LogP contribution in [0.25, 0.3) is 0 Å². The second kappa shape index (κ2) is 10.8. The lowest BCUT2D eigenvalue weighted by Gasteiger charge is -2.06. The molecule has 0 heterocycles. The van der Waals surface area contributed by atoms with Crippen molar-refractivity contribution in [3.05, 3.63) is 12.2 Å². The van der Waals surface area contributed by atoms with Crippen molar-refractivity contribution in [1.82, 2.24) is 0 Å². The Labute approximate surface area is 124 Å². The molecule has 118 valence electrons. The Kier molecular flexibility index (Phi) is 9.80. The van der Waals surface area contributed by atoms with Gasteiger partial charge in [0, 0.05) is 29.1 Å². The highest BCUT2D eigenvalue weighted by Gasteiger charge is 2.13. The first-order chi connectivity index (χ1) is 9.82. The summed E-state index contributed by atoms with van der Waals surface area (Å²) in [6, 6.07) is 0. The molecule has 0 spiro atoms. The smallest absolute Gasteiger partial charge is 0.334 e. The highest BCUT2D eigenvalue weighted by atomic mass is 32.2. The van der Waals surface area contributed by atoms with Gasteiger partial charge in [-0.15, -0.1) is 0 Å². The molecule has 0 rings (SSSR count). The minimum absolute atomic E-state index is 0.0295. The van der Waals surface area contributed by atoms with E-state index in [0.29, 0.717) is 0 Å². The summed E-state index contributed by atoms with van der Waals surface area (Å²) in [5.41, 5.74) is -0.139. The predicted octanol–water partition coefficient (Wildman–Crippen LogP) is -0.838. The lowest BCUT2D eigenvalue weighted by molar-refractivity contribution is -0.146. The zero-order valence-corrected chi connectivity index (χ0v) is 12.6. The molecule has 0 atom stereocenters. The van der Waals surface area contributed by atoms with E-state index in [1.54, 1.807) is 0 Å². The van der Waals surface area contributed by atoms with Gasteiger partial charge in [-0.25, -0.2) is 4.79 Å². The highest BCUT2D eigenvalue weighted by molar-refractivity contribution is 7.71. The van der Waals surface area contributed by atoms with Gasteiger partial charge < -0.3 is 9.47 Å². The van der Waals surface area contributed by atoms with E-state index in [9.17, 15) is 26.4 Å². The third-order valence-electron chi connectivity index (χ3n) is 1.89. The van der Waals surface area contributed by atoms with Crippen LogP contribution in [0.5, 0.6) is 0 Å². The van der Waals surface area contributed by atoms with Gasteiger partial charge in [0.05, 0.1) is 19.6 Å². The first-order valence-electron chi connectivity index (χ1n) is 5.66. The fourth-order valence-corrected chi connectivity index (χ4v) is 1.59. The summed E-state index contributed by atoms with van der Waals surface area (Å²) in [6.45, 7) is 3.08. The summed E-state index contributed by atoms with van der Waals surface area (Å²) in [5, 5.41) is 1.87. The lowest BCUT2D eigenvalue weighted by Crippen LogP contribution is -2.14. The summed E-state index contributed by atoms with van der Waals surface area (Å²) in [7, 11) is -4.63. The molecule has 0 aliphatic carbocycles. The zero-order chi connectivity index (χ0) is 16.3. The molecule has 0 aromatic rings. The standard InChI is InChI=1S/C11H14O8S2/c1-9(11(13)19-5-3-7-21(16)17)8-10(12)18-4-2-6-20(14)15/h6-7H,1-5,8H2. The Balaban J connectivity index is 4.00. The number of carbonyl (C=O) groups excluding carboxylic acids is 2. The molecule has 0 aromatic carbocycles. The fourth-order valence-electron chi connectivity index (χ4n) is 1.01. The zero-order valence-electron chi connectivity index (χ0n) is 11.0. The summed E-state index contributed by atoms with van der Waals surface area (Å²) in [4.78, 5) is 22.6. The van der Waals surface area contributed by atoms with Crippen molar-refractivity contribution >= 4 is 43.3 Å². The molecule has 0 amide bonds. The molecule has 0 aliphatic rings. The van der Waals surface area contributed by atoms with E-state index in [4.69, 9.17) is 0 Å². The average Bonchev–Trinajstić information content (AvgIpc) is 2.39. The molecular formula is C11H14O8S2. The molecule has 0 N–H and O–H groups in total. The normalized spacial score (nSPS) is 9.33. The van der Waals surface area contributed by atoms with Crippen molar-refractivity contribution in [2.24, 2.45) is 0 Å². The van der Waals surface area contributed by atoms with Crippen LogP contribution in [0.4, 0.5) is 0 Å². The van der Waals surface area contributed by atoms with Crippen molar-refractivity contribution in [2.45, 2.75) is 19.3 Å². The first-order valence-corrected chi connectivity index (χ1v) is 7.94. The van der Waals surface area contributed by atoms with Crippen LogP contribution < -0.4 is 0 Å². The van der Waals surface area contributed by atoms with E-state index in [0.717, 1.165) is 10.7 Å². The molecule has 0 unspecified atom stereocenters. The third-order valence-corrected chi connectivity index (χ3v) is 2.90. The maximum absolute atomic E-state index is 11.4. The monoisotopic (exact) mass is 338 g/mol. The van der Waals surface area contributed by atoms with Gasteiger partial charge in [-0.1, -0.05) is 6.58 Å². The maximum atomic E-state index is 11.4. The molecule has 0 saturated carbocycles. The van der Waals surface area contributed by atoms with Gasteiger partial charge in [-0.2, -0.15) is 16.8 Å². The van der Waals surface area contributed by atoms with Crippen LogP contribution in [0.2, 0.25) is 0 Å². The topological polar surface area (TPSA) is 121 Å². The SMILES string of the molecule is C=C(CC(=O)OCCC=S(=O)=O)C(=O)OCCC=S(=O)=O. The van der Waals surface area contributed by atoms with E-state index in [1.807, 2.05) is 0 Å². The maximum Gasteiger partial charge on any atom is 0.334 e. The largest absolute Gasteiger partial charge is 0.465 e. The number of hydrogen-bond donors (Lipinski definition) is 0. The van der Waals surface area contributed by atoms with Crippen molar-refractivity contribution in [3.63, 3.8) is 0 Å². The van der Waals surface area contributed by atoms with Gasteiger partial charge in [-0.05, 0) is 0 Å². The second-order valence-electron chi connectivity index (χ2n) is 3.57. The lowest BCUT2D eigenvalue weighted by atomic mass is 10.2. The van der Waals surface area contributed by atoms with Crippen molar-refractivity contribution in [2.75, 3.05) is 13.2 Å². The minimum atomic E-state index is -2.32. The molecule has 0 radical (unpaired) electrons. The van der Waals surface area contributed by atoms with Crippen molar-refractivity contribution < 1.29 is 35.9 Å². The van der Waals surface area contributed by atoms with Crippen molar-refractivity contribution in [1.29, 1.82) is 0 Å². The Morgan fingerprint density at radius 2 is 1.38 bits per heavy atom. The molecule has 8 nitrogen and oxygen atoms in total. The van der Waals surface area contributed by atoms with Gasteiger partial charge in [-0.3, -0.25) is 4.79 Å². The minimum Gasteiger partial charge on any atom is -0.465 e. The first kappa shape index (κ1) is 19.1. The van der Waals surface area contributed by atoms with Gasteiger partial charge in [0.25, 0.3) is 0 Å². The van der Waals surface area contributed by atoms with Crippen LogP contribution in [0.15, 0.2) is 12.2 Å². The van der Waals surface area contributed by atoms with Crippen molar-refractivity contribution in [3.8, 4) is 0 Å². The van der Waals surface area contributed by atoms with Crippen LogP contribution in [-0.2, 0) is 39.6 Å². The van der Waals surface area contributed by atoms with E-state index < -0.39 is 38.9 Å². The Bertz CT molecular complexity index is 638. The van der Waals surface area contributed by atoms with Crippen LogP contribution in [0.3, 0.4) is 0 Å². The van der Waals surface area contributed by atoms with Gasteiger partial charge in [0.15, 0.2) is 0 Å². The summed E-state index contributed by atoms with van der Waals surface area (Å²) < 4.78 is 50.0. The van der Waals surface area contributed by atoms with Crippen LogP contribution in [0, 0.1) is 0 Å². The summed E-state index contributed by atoms with van der Waals surface area (Å²) >= 11 is 0. The Morgan fingerprint density at radius 3 is 1.86 bits per heavy atom. The molecule has 21 heavy (non-hydrogen) atoms. The van der Waals surface area contributed by atoms with E-state index in [2.05, 4.69) is 16.1 Å². The number of esters is 2. The number of rotatable bonds is 9. The fraction of sp³-hybridized carbons (Fsp3) is 0.455. The van der Waals surface area contributed by atoms with E-state index >= 15 is 0 Å². The molecular weight excluding hydrogens is 324 g/mol. The van der Waals surface area contributed by atoms with Crippen LogP contribution in [-0.4, -0.2) is 52.7 Å². The third kappa shape index (κ3) is 11.6. The molecule has 0 aromatic heterocycles. The molecule has 10 heteroatoms. The number of hydrogen-bond acceptors (Lipinski definition) is 8. The van der Waals surface area contributed by atoms with Crippen LogP contribution >= 0.6 is 0 Å². The van der Waals surface area contributed by atoms with E-state index in [-0.39, 0.29) is 31.6 Å². The summed E-state index contributed by atoms with van der Waals surface area (Å²) in [6.07, 6.45) is -0.320. The number of ether oxygens (including phenoxy) is 2. The Morgan fingerprint density at radius 1 is 0.905 bits per heavy atom. The van der Waals surface area contributed by atoms with Gasteiger partial charge >= 0.3 is 11.9 Å². The molecule has 0 aliphatic heterocycles. The average molecular weight is 338 g/mol. The highest BCUT2D eigenvalue weighted by Crippen LogP contribution is 2.03. The summed E-state index contributed by atoms with van der Waals surface area (Å²) in [5.74, 6) is -1.57. The molecule has 0 fully saturated rings. The quantitative estimate of drug-likeness (QED) is 0.231. The van der Waals surface area contributed by atoms with Gasteiger partial charge in [0.1, 0.15) is 0 Å². The molecule has 0 bridgehead atoms. The van der Waals surface area contributed by atoms with E-state index in [1.165, 1.54) is 0 Å². The second-order valence-corrected chi connectivity index (χ2v) is 5.28. The molecule has 0 saturated heterocycles. The van der Waals surface area contributed by atoms with Gasteiger partial charge in [0.2, 0.25) is 20.6 Å².